The van der Waals surface area contributed by atoms with Gasteiger partial charge in [-0.15, -0.1) is 0 Å². The third-order valence-corrected chi connectivity index (χ3v) is 7.65. The number of amides is 1. The Kier molecular flexibility index (Phi) is 7.39. The van der Waals surface area contributed by atoms with Gasteiger partial charge in [-0.2, -0.15) is 4.31 Å². The lowest BCUT2D eigenvalue weighted by molar-refractivity contribution is -0.126. The van der Waals surface area contributed by atoms with Crippen molar-refractivity contribution in [1.29, 1.82) is 0 Å². The topological polar surface area (TPSA) is 75.7 Å². The van der Waals surface area contributed by atoms with Crippen molar-refractivity contribution < 1.29 is 17.9 Å². The van der Waals surface area contributed by atoms with Crippen LogP contribution in [-0.4, -0.2) is 44.9 Å². The minimum absolute atomic E-state index is 0.0527. The highest BCUT2D eigenvalue weighted by Gasteiger charge is 2.31. The number of carbonyl (C=O) groups excluding carboxylic acids is 1. The second-order valence-electron chi connectivity index (χ2n) is 7.47. The number of aryl methyl sites for hydroxylation is 1. The van der Waals surface area contributed by atoms with Gasteiger partial charge in [0.25, 0.3) is 0 Å². The second kappa shape index (κ2) is 9.81. The van der Waals surface area contributed by atoms with Crippen LogP contribution in [0.4, 0.5) is 0 Å². The van der Waals surface area contributed by atoms with Crippen molar-refractivity contribution in [3.63, 3.8) is 0 Å². The van der Waals surface area contributed by atoms with E-state index in [-0.39, 0.29) is 16.7 Å². The summed E-state index contributed by atoms with van der Waals surface area (Å²) in [4.78, 5) is 12.7. The van der Waals surface area contributed by atoms with Gasteiger partial charge in [0.05, 0.1) is 11.4 Å². The summed E-state index contributed by atoms with van der Waals surface area (Å²) in [5.41, 5.74) is 2.26. The fraction of sp³-hybridized carbons (Fsp3) is 0.409. The number of hydrogen-bond donors (Lipinski definition) is 1. The fourth-order valence-corrected chi connectivity index (χ4v) is 5.07. The lowest BCUT2D eigenvalue weighted by Crippen LogP contribution is -2.43. The van der Waals surface area contributed by atoms with E-state index in [1.807, 2.05) is 32.0 Å². The first-order chi connectivity index (χ1) is 14.3. The first kappa shape index (κ1) is 22.6. The van der Waals surface area contributed by atoms with E-state index >= 15 is 0 Å². The molecule has 0 radical (unpaired) electrons. The lowest BCUT2D eigenvalue weighted by atomic mass is 9.97. The molecule has 1 fully saturated rings. The molecule has 2 aromatic carbocycles. The fourth-order valence-electron chi connectivity index (χ4n) is 3.47. The molecule has 6 nitrogen and oxygen atoms in total. The molecule has 0 aliphatic carbocycles. The van der Waals surface area contributed by atoms with Gasteiger partial charge in [-0.1, -0.05) is 23.7 Å². The third-order valence-electron chi connectivity index (χ3n) is 5.49. The number of benzene rings is 2. The number of hydrogen-bond acceptors (Lipinski definition) is 4. The van der Waals surface area contributed by atoms with Crippen LogP contribution in [0.1, 0.15) is 24.0 Å². The Labute approximate surface area is 183 Å². The molecule has 0 saturated carbocycles. The van der Waals surface area contributed by atoms with Crippen LogP contribution in [0.2, 0.25) is 5.02 Å². The summed E-state index contributed by atoms with van der Waals surface area (Å²) in [7, 11) is -3.56. The Bertz CT molecular complexity index is 985. The van der Waals surface area contributed by atoms with Crippen LogP contribution in [0.5, 0.6) is 5.75 Å². The van der Waals surface area contributed by atoms with Crippen molar-refractivity contribution in [3.8, 4) is 5.75 Å². The molecule has 0 spiro atoms. The maximum Gasteiger partial charge on any atom is 0.243 e. The highest BCUT2D eigenvalue weighted by atomic mass is 35.5. The van der Waals surface area contributed by atoms with Crippen LogP contribution >= 0.6 is 11.6 Å². The average molecular weight is 451 g/mol. The summed E-state index contributed by atoms with van der Waals surface area (Å²) in [6.07, 6.45) is 0.993. The number of nitrogens with zero attached hydrogens (tertiary/aromatic N) is 1. The minimum atomic E-state index is -3.56. The number of ether oxygens (including phenoxy) is 1. The largest absolute Gasteiger partial charge is 0.491 e. The van der Waals surface area contributed by atoms with E-state index < -0.39 is 10.0 Å². The monoisotopic (exact) mass is 450 g/mol. The minimum Gasteiger partial charge on any atom is -0.491 e. The van der Waals surface area contributed by atoms with Gasteiger partial charge in [0.15, 0.2) is 0 Å². The first-order valence-electron chi connectivity index (χ1n) is 10.0. The number of piperidine rings is 1. The average Bonchev–Trinajstić information content (AvgIpc) is 2.74. The predicted octanol–water partition coefficient (Wildman–Crippen LogP) is 3.55. The van der Waals surface area contributed by atoms with Gasteiger partial charge in [-0.3, -0.25) is 4.79 Å². The summed E-state index contributed by atoms with van der Waals surface area (Å²) in [6, 6.07) is 12.0. The van der Waals surface area contributed by atoms with Crippen molar-refractivity contribution in [2.75, 3.05) is 26.2 Å². The summed E-state index contributed by atoms with van der Waals surface area (Å²) in [6.45, 7) is 5.48. The van der Waals surface area contributed by atoms with E-state index in [4.69, 9.17) is 16.3 Å². The molecule has 1 saturated heterocycles. The van der Waals surface area contributed by atoms with Gasteiger partial charge in [0.1, 0.15) is 12.4 Å². The Balaban J connectivity index is 1.45. The molecule has 0 aromatic heterocycles. The van der Waals surface area contributed by atoms with Gasteiger partial charge < -0.3 is 10.1 Å². The quantitative estimate of drug-likeness (QED) is 0.654. The molecule has 1 heterocycles. The van der Waals surface area contributed by atoms with Gasteiger partial charge in [-0.05, 0) is 68.1 Å². The molecule has 0 unspecified atom stereocenters. The SMILES string of the molecule is Cc1cccc(OCCNC(=O)C2CCN(S(=O)(=O)c3ccc(Cl)cc3)CC2)c1C. The van der Waals surface area contributed by atoms with Crippen molar-refractivity contribution in [2.45, 2.75) is 31.6 Å². The van der Waals surface area contributed by atoms with E-state index in [0.717, 1.165) is 16.9 Å². The molecule has 0 bridgehead atoms. The summed E-state index contributed by atoms with van der Waals surface area (Å²) in [5, 5.41) is 3.39. The van der Waals surface area contributed by atoms with E-state index in [0.29, 0.717) is 44.1 Å². The zero-order valence-electron chi connectivity index (χ0n) is 17.2. The highest BCUT2D eigenvalue weighted by molar-refractivity contribution is 7.89. The van der Waals surface area contributed by atoms with E-state index in [9.17, 15) is 13.2 Å². The number of sulfonamides is 1. The molecule has 30 heavy (non-hydrogen) atoms. The maximum absolute atomic E-state index is 12.7. The first-order valence-corrected chi connectivity index (χ1v) is 11.8. The number of rotatable bonds is 7. The molecule has 1 aliphatic rings. The van der Waals surface area contributed by atoms with Gasteiger partial charge >= 0.3 is 0 Å². The Hall–Kier alpha value is -2.09. The number of carbonyl (C=O) groups is 1. The van der Waals surface area contributed by atoms with Gasteiger partial charge in [0, 0.05) is 24.0 Å². The molecule has 0 atom stereocenters. The van der Waals surface area contributed by atoms with Gasteiger partial charge in [-0.25, -0.2) is 8.42 Å². The highest BCUT2D eigenvalue weighted by Crippen LogP contribution is 2.25. The zero-order chi connectivity index (χ0) is 21.7. The standard InChI is InChI=1S/C22H27ClN2O4S/c1-16-4-3-5-21(17(16)2)29-15-12-24-22(26)18-10-13-25(14-11-18)30(27,28)20-8-6-19(23)7-9-20/h3-9,18H,10-15H2,1-2H3,(H,24,26). The van der Waals surface area contributed by atoms with Crippen molar-refractivity contribution in [3.05, 3.63) is 58.6 Å². The van der Waals surface area contributed by atoms with Crippen molar-refractivity contribution in [1.82, 2.24) is 9.62 Å². The smallest absolute Gasteiger partial charge is 0.243 e. The van der Waals surface area contributed by atoms with Crippen LogP contribution in [0, 0.1) is 19.8 Å². The second-order valence-corrected chi connectivity index (χ2v) is 9.84. The molecule has 1 amide bonds. The Morgan fingerprint density at radius 1 is 1.13 bits per heavy atom. The van der Waals surface area contributed by atoms with E-state index in [2.05, 4.69) is 5.32 Å². The number of nitrogens with one attached hydrogen (secondary N) is 1. The van der Waals surface area contributed by atoms with Crippen LogP contribution in [0.25, 0.3) is 0 Å². The number of halogens is 1. The predicted molar refractivity (Wildman–Crippen MR) is 117 cm³/mol. The molecule has 1 N–H and O–H groups in total. The maximum atomic E-state index is 12.7. The summed E-state index contributed by atoms with van der Waals surface area (Å²) < 4.78 is 32.7. The molecule has 2 aromatic rings. The van der Waals surface area contributed by atoms with E-state index in [1.54, 1.807) is 12.1 Å². The molecule has 162 valence electrons. The summed E-state index contributed by atoms with van der Waals surface area (Å²) >= 11 is 5.84. The third kappa shape index (κ3) is 5.33. The van der Waals surface area contributed by atoms with Crippen LogP contribution in [0.3, 0.4) is 0 Å². The van der Waals surface area contributed by atoms with Crippen molar-refractivity contribution >= 4 is 27.5 Å². The normalized spacial score (nSPS) is 15.7. The molecular formula is C22H27ClN2O4S. The van der Waals surface area contributed by atoms with Crippen LogP contribution in [0.15, 0.2) is 47.4 Å². The Morgan fingerprint density at radius 3 is 2.47 bits per heavy atom. The Morgan fingerprint density at radius 2 is 1.80 bits per heavy atom. The molecule has 8 heteroatoms. The van der Waals surface area contributed by atoms with E-state index in [1.165, 1.54) is 16.4 Å². The van der Waals surface area contributed by atoms with Crippen LogP contribution in [-0.2, 0) is 14.8 Å². The zero-order valence-corrected chi connectivity index (χ0v) is 18.8. The molecular weight excluding hydrogens is 424 g/mol. The molecule has 3 rings (SSSR count). The molecule has 1 aliphatic heterocycles. The lowest BCUT2D eigenvalue weighted by Gasteiger charge is -2.30. The van der Waals surface area contributed by atoms with Gasteiger partial charge in [0.2, 0.25) is 15.9 Å². The summed E-state index contributed by atoms with van der Waals surface area (Å²) in [5.74, 6) is 0.579. The van der Waals surface area contributed by atoms with Crippen LogP contribution < -0.4 is 10.1 Å². The van der Waals surface area contributed by atoms with Crippen molar-refractivity contribution in [2.24, 2.45) is 5.92 Å².